The minimum Gasteiger partial charge on any atom is -0.493 e. The molecule has 0 unspecified atom stereocenters. The number of carbonyl (C=O) groups is 2. The first-order chi connectivity index (χ1) is 13.0. The first-order valence-electron chi connectivity index (χ1n) is 8.57. The molecule has 1 N–H and O–H groups in total. The van der Waals surface area contributed by atoms with Gasteiger partial charge in [-0.2, -0.15) is 0 Å². The Balaban J connectivity index is 1.66. The van der Waals surface area contributed by atoms with E-state index >= 15 is 0 Å². The first kappa shape index (κ1) is 19.0. The Hall–Kier alpha value is -2.73. The Morgan fingerprint density at radius 1 is 1.11 bits per heavy atom. The summed E-state index contributed by atoms with van der Waals surface area (Å²) in [5, 5.41) is 3.20. The van der Waals surface area contributed by atoms with Crippen molar-refractivity contribution in [2.75, 3.05) is 20.8 Å². The Kier molecular flexibility index (Phi) is 5.86. The zero-order chi connectivity index (χ0) is 19.4. The summed E-state index contributed by atoms with van der Waals surface area (Å²) in [6.45, 7) is 1.04. The van der Waals surface area contributed by atoms with Crippen molar-refractivity contribution in [3.8, 4) is 11.5 Å². The number of hydrogen-bond acceptors (Lipinski definition) is 4. The van der Waals surface area contributed by atoms with Gasteiger partial charge in [-0.05, 0) is 41.3 Å². The maximum atomic E-state index is 12.5. The predicted molar refractivity (Wildman–Crippen MR) is 102 cm³/mol. The lowest BCUT2D eigenvalue weighted by atomic mass is 9.98. The second-order valence-electron chi connectivity index (χ2n) is 6.23. The van der Waals surface area contributed by atoms with Gasteiger partial charge in [0.2, 0.25) is 0 Å². The zero-order valence-corrected chi connectivity index (χ0v) is 16.0. The third-order valence-electron chi connectivity index (χ3n) is 4.60. The number of nitrogens with zero attached hydrogens (tertiary/aromatic N) is 1. The van der Waals surface area contributed by atoms with E-state index in [2.05, 4.69) is 5.32 Å². The quantitative estimate of drug-likeness (QED) is 0.817. The molecule has 0 aliphatic carbocycles. The number of nitrogens with one attached hydrogen (secondary N) is 1. The van der Waals surface area contributed by atoms with Gasteiger partial charge in [-0.25, -0.2) is 0 Å². The molecule has 0 bridgehead atoms. The number of hydrogen-bond donors (Lipinski definition) is 1. The summed E-state index contributed by atoms with van der Waals surface area (Å²) in [6.07, 6.45) is 0.652. The molecular weight excluding hydrogens is 368 g/mol. The van der Waals surface area contributed by atoms with Crippen LogP contribution in [0.2, 0.25) is 5.02 Å². The standard InChI is InChI=1S/C20H21ClN2O4/c1-26-17-9-13-7-8-23(12-15(13)10-18(17)27-2)20(25)19(24)22-11-14-5-3-4-6-16(14)21/h3-6,9-10H,7-8,11-12H2,1-2H3,(H,22,24). The van der Waals surface area contributed by atoms with E-state index in [4.69, 9.17) is 21.1 Å². The highest BCUT2D eigenvalue weighted by Gasteiger charge is 2.27. The summed E-state index contributed by atoms with van der Waals surface area (Å²) in [7, 11) is 3.16. The third kappa shape index (κ3) is 4.17. The van der Waals surface area contributed by atoms with E-state index in [1.54, 1.807) is 20.3 Å². The van der Waals surface area contributed by atoms with E-state index in [9.17, 15) is 9.59 Å². The summed E-state index contributed by atoms with van der Waals surface area (Å²) in [5.74, 6) is 0.0727. The molecule has 1 heterocycles. The van der Waals surface area contributed by atoms with Crippen LogP contribution in [0.25, 0.3) is 0 Å². The van der Waals surface area contributed by atoms with Crippen LogP contribution in [0.3, 0.4) is 0 Å². The second kappa shape index (κ2) is 8.31. The van der Waals surface area contributed by atoms with Gasteiger partial charge in [0.15, 0.2) is 11.5 Å². The monoisotopic (exact) mass is 388 g/mol. The molecule has 6 nitrogen and oxygen atoms in total. The highest BCUT2D eigenvalue weighted by molar-refractivity contribution is 6.35. The Morgan fingerprint density at radius 2 is 1.78 bits per heavy atom. The maximum absolute atomic E-state index is 12.5. The van der Waals surface area contributed by atoms with E-state index in [-0.39, 0.29) is 6.54 Å². The zero-order valence-electron chi connectivity index (χ0n) is 15.3. The highest BCUT2D eigenvalue weighted by Crippen LogP contribution is 2.33. The molecule has 142 valence electrons. The van der Waals surface area contributed by atoms with Gasteiger partial charge in [-0.1, -0.05) is 29.8 Å². The van der Waals surface area contributed by atoms with Crippen molar-refractivity contribution in [1.82, 2.24) is 10.2 Å². The van der Waals surface area contributed by atoms with Crippen LogP contribution >= 0.6 is 11.6 Å². The average molecular weight is 389 g/mol. The van der Waals surface area contributed by atoms with Gasteiger partial charge in [0.25, 0.3) is 0 Å². The van der Waals surface area contributed by atoms with Crippen molar-refractivity contribution < 1.29 is 19.1 Å². The summed E-state index contributed by atoms with van der Waals surface area (Å²) >= 11 is 6.08. The third-order valence-corrected chi connectivity index (χ3v) is 4.97. The van der Waals surface area contributed by atoms with Crippen molar-refractivity contribution >= 4 is 23.4 Å². The molecule has 2 aromatic carbocycles. The van der Waals surface area contributed by atoms with Crippen molar-refractivity contribution in [3.63, 3.8) is 0 Å². The van der Waals surface area contributed by atoms with Crippen LogP contribution in [0, 0.1) is 0 Å². The molecule has 0 aromatic heterocycles. The smallest absolute Gasteiger partial charge is 0.312 e. The van der Waals surface area contributed by atoms with Gasteiger partial charge < -0.3 is 19.7 Å². The molecule has 0 atom stereocenters. The molecule has 2 amide bonds. The van der Waals surface area contributed by atoms with Crippen LogP contribution < -0.4 is 14.8 Å². The highest BCUT2D eigenvalue weighted by atomic mass is 35.5. The Morgan fingerprint density at radius 3 is 2.44 bits per heavy atom. The largest absolute Gasteiger partial charge is 0.493 e. The number of methoxy groups -OCH3 is 2. The molecule has 1 aliphatic rings. The van der Waals surface area contributed by atoms with Gasteiger partial charge in [0, 0.05) is 24.7 Å². The fourth-order valence-corrected chi connectivity index (χ4v) is 3.30. The van der Waals surface area contributed by atoms with E-state index in [1.807, 2.05) is 30.3 Å². The summed E-state index contributed by atoms with van der Waals surface area (Å²) in [6, 6.07) is 11.0. The van der Waals surface area contributed by atoms with Gasteiger partial charge in [0.1, 0.15) is 0 Å². The molecule has 0 radical (unpaired) electrons. The number of benzene rings is 2. The second-order valence-corrected chi connectivity index (χ2v) is 6.63. The van der Waals surface area contributed by atoms with E-state index in [0.29, 0.717) is 36.0 Å². The fourth-order valence-electron chi connectivity index (χ4n) is 3.09. The molecule has 0 spiro atoms. The lowest BCUT2D eigenvalue weighted by Gasteiger charge is -2.29. The van der Waals surface area contributed by atoms with Crippen molar-refractivity contribution in [3.05, 3.63) is 58.1 Å². The van der Waals surface area contributed by atoms with Crippen LogP contribution in [-0.2, 0) is 29.1 Å². The Labute approximate surface area is 163 Å². The van der Waals surface area contributed by atoms with Crippen LogP contribution in [0.15, 0.2) is 36.4 Å². The summed E-state index contributed by atoms with van der Waals surface area (Å²) < 4.78 is 10.6. The van der Waals surface area contributed by atoms with E-state index in [1.165, 1.54) is 4.90 Å². The lowest BCUT2D eigenvalue weighted by Crippen LogP contribution is -2.44. The number of rotatable bonds is 4. The average Bonchev–Trinajstić information content (AvgIpc) is 2.70. The molecule has 0 fully saturated rings. The SMILES string of the molecule is COc1cc2c(cc1OC)CN(C(=O)C(=O)NCc1ccccc1Cl)CC2. The minimum absolute atomic E-state index is 0.208. The number of amides is 2. The molecular formula is C20H21ClN2O4. The van der Waals surface area contributed by atoms with Gasteiger partial charge in [0.05, 0.1) is 14.2 Å². The molecule has 2 aromatic rings. The van der Waals surface area contributed by atoms with Crippen molar-refractivity contribution in [2.45, 2.75) is 19.5 Å². The summed E-state index contributed by atoms with van der Waals surface area (Å²) in [5.41, 5.74) is 2.81. The normalized spacial score (nSPS) is 12.9. The molecule has 0 saturated carbocycles. The number of carbonyl (C=O) groups excluding carboxylic acids is 2. The van der Waals surface area contributed by atoms with Crippen LogP contribution in [0.5, 0.6) is 11.5 Å². The molecule has 1 aliphatic heterocycles. The molecule has 7 heteroatoms. The van der Waals surface area contributed by atoms with Gasteiger partial charge in [-0.3, -0.25) is 9.59 Å². The van der Waals surface area contributed by atoms with Gasteiger partial charge >= 0.3 is 11.8 Å². The van der Waals surface area contributed by atoms with Crippen molar-refractivity contribution in [2.24, 2.45) is 0 Å². The maximum Gasteiger partial charge on any atom is 0.312 e. The van der Waals surface area contributed by atoms with Crippen LogP contribution in [-0.4, -0.2) is 37.5 Å². The first-order valence-corrected chi connectivity index (χ1v) is 8.95. The van der Waals surface area contributed by atoms with Crippen LogP contribution in [0.1, 0.15) is 16.7 Å². The fraction of sp³-hybridized carbons (Fsp3) is 0.300. The van der Waals surface area contributed by atoms with E-state index < -0.39 is 11.8 Å². The Bertz CT molecular complexity index is 869. The number of ether oxygens (including phenoxy) is 2. The van der Waals surface area contributed by atoms with E-state index in [0.717, 1.165) is 16.7 Å². The molecule has 27 heavy (non-hydrogen) atoms. The minimum atomic E-state index is -0.640. The lowest BCUT2D eigenvalue weighted by molar-refractivity contribution is -0.146. The van der Waals surface area contributed by atoms with Crippen LogP contribution in [0.4, 0.5) is 0 Å². The molecule has 3 rings (SSSR count). The van der Waals surface area contributed by atoms with Gasteiger partial charge in [-0.15, -0.1) is 0 Å². The number of fused-ring (bicyclic) bond motifs is 1. The van der Waals surface area contributed by atoms with Crippen molar-refractivity contribution in [1.29, 1.82) is 0 Å². The summed E-state index contributed by atoms with van der Waals surface area (Å²) in [4.78, 5) is 26.3. The predicted octanol–water partition coefficient (Wildman–Crippen LogP) is 2.56. The topological polar surface area (TPSA) is 67.9 Å². The number of halogens is 1. The molecule has 0 saturated heterocycles.